The number of ketones is 2. The zero-order chi connectivity index (χ0) is 23.3. The Kier molecular flexibility index (Phi) is 5.85. The summed E-state index contributed by atoms with van der Waals surface area (Å²) in [4.78, 5) is 24.7. The molecule has 0 saturated carbocycles. The first-order valence-corrected chi connectivity index (χ1v) is 10.5. The Morgan fingerprint density at radius 1 is 0.588 bits per heavy atom. The van der Waals surface area contributed by atoms with Gasteiger partial charge in [0.2, 0.25) is 13.6 Å². The topological polar surface area (TPSA) is 95.1 Å². The normalized spacial score (nSPS) is 13.4. The molecule has 0 fully saturated rings. The van der Waals surface area contributed by atoms with Crippen LogP contribution in [0.4, 0.5) is 11.4 Å². The first kappa shape index (κ1) is 21.1. The maximum absolute atomic E-state index is 12.3. The lowest BCUT2D eigenvalue weighted by Crippen LogP contribution is -1.97. The highest BCUT2D eigenvalue weighted by molar-refractivity contribution is 6.05. The molecule has 2 aliphatic rings. The van der Waals surface area contributed by atoms with Gasteiger partial charge in [0.05, 0.1) is 0 Å². The Morgan fingerprint density at radius 2 is 1.00 bits per heavy atom. The van der Waals surface area contributed by atoms with E-state index in [1.807, 2.05) is 24.3 Å². The van der Waals surface area contributed by atoms with Gasteiger partial charge in [-0.3, -0.25) is 9.59 Å². The molecular formula is C26H20N2O6. The van der Waals surface area contributed by atoms with E-state index in [-0.39, 0.29) is 25.2 Å². The highest BCUT2D eigenvalue weighted by Gasteiger charge is 2.16. The molecule has 2 aliphatic heterocycles. The number of benzene rings is 3. The summed E-state index contributed by atoms with van der Waals surface area (Å²) in [6, 6.07) is 17.6. The lowest BCUT2D eigenvalue weighted by atomic mass is 10.1. The van der Waals surface area contributed by atoms with Gasteiger partial charge in [0, 0.05) is 47.1 Å². The van der Waals surface area contributed by atoms with Gasteiger partial charge in [-0.05, 0) is 60.7 Å². The van der Waals surface area contributed by atoms with E-state index >= 15 is 0 Å². The van der Waals surface area contributed by atoms with Crippen LogP contribution < -0.4 is 29.6 Å². The minimum Gasteiger partial charge on any atom is -0.454 e. The number of carbonyl (C=O) groups excluding carboxylic acids is 2. The van der Waals surface area contributed by atoms with Crippen molar-refractivity contribution in [3.63, 3.8) is 0 Å². The van der Waals surface area contributed by atoms with E-state index in [1.54, 1.807) is 48.8 Å². The van der Waals surface area contributed by atoms with E-state index in [0.29, 0.717) is 34.1 Å². The average Bonchev–Trinajstić information content (AvgIpc) is 3.53. The van der Waals surface area contributed by atoms with Crippen LogP contribution in [0.3, 0.4) is 0 Å². The van der Waals surface area contributed by atoms with Gasteiger partial charge in [-0.25, -0.2) is 0 Å². The molecule has 5 rings (SSSR count). The SMILES string of the molecule is O=C(/C=C\Nc1ccc(N/C=C\C(=O)c2ccc3c(c2)OCO3)cc1)c1ccc2c(c1)OCO2. The predicted octanol–water partition coefficient (Wildman–Crippen LogP) is 4.76. The summed E-state index contributed by atoms with van der Waals surface area (Å²) in [5.41, 5.74) is 2.65. The van der Waals surface area contributed by atoms with Crippen molar-refractivity contribution in [3.05, 3.63) is 96.3 Å². The summed E-state index contributed by atoms with van der Waals surface area (Å²) < 4.78 is 21.1. The molecule has 0 spiro atoms. The van der Waals surface area contributed by atoms with Gasteiger partial charge in [-0.15, -0.1) is 0 Å². The Hall–Kier alpha value is -4.72. The van der Waals surface area contributed by atoms with Crippen molar-refractivity contribution in [1.29, 1.82) is 0 Å². The van der Waals surface area contributed by atoms with Gasteiger partial charge in [0.1, 0.15) is 0 Å². The quantitative estimate of drug-likeness (QED) is 0.370. The molecule has 170 valence electrons. The van der Waals surface area contributed by atoms with E-state index in [0.717, 1.165) is 11.4 Å². The van der Waals surface area contributed by atoms with Gasteiger partial charge in [-0.2, -0.15) is 0 Å². The predicted molar refractivity (Wildman–Crippen MR) is 126 cm³/mol. The van der Waals surface area contributed by atoms with Crippen LogP contribution in [0.2, 0.25) is 0 Å². The van der Waals surface area contributed by atoms with E-state index in [2.05, 4.69) is 10.6 Å². The van der Waals surface area contributed by atoms with Crippen molar-refractivity contribution in [2.75, 3.05) is 24.2 Å². The minimum atomic E-state index is -0.152. The second-order valence-electron chi connectivity index (χ2n) is 7.40. The smallest absolute Gasteiger partial charge is 0.231 e. The van der Waals surface area contributed by atoms with E-state index in [1.165, 1.54) is 12.2 Å². The standard InChI is InChI=1S/C26H20N2O6/c29-21(17-1-7-23-25(13-17)33-15-31-23)9-11-27-19-3-5-20(6-4-19)28-12-10-22(30)18-2-8-24-26(14-18)34-16-32-24/h1-14,27-28H,15-16H2/b11-9-,12-10-. The first-order valence-electron chi connectivity index (χ1n) is 10.5. The molecule has 0 radical (unpaired) electrons. The molecular weight excluding hydrogens is 436 g/mol. The summed E-state index contributed by atoms with van der Waals surface area (Å²) in [6.07, 6.45) is 6.07. The monoisotopic (exact) mass is 456 g/mol. The zero-order valence-corrected chi connectivity index (χ0v) is 17.9. The van der Waals surface area contributed by atoms with Crippen molar-refractivity contribution in [2.24, 2.45) is 0 Å². The van der Waals surface area contributed by atoms with Crippen molar-refractivity contribution in [1.82, 2.24) is 0 Å². The van der Waals surface area contributed by atoms with Crippen molar-refractivity contribution >= 4 is 22.9 Å². The molecule has 2 heterocycles. The fourth-order valence-corrected chi connectivity index (χ4v) is 3.38. The molecule has 0 bridgehead atoms. The molecule has 3 aromatic rings. The number of hydrogen-bond acceptors (Lipinski definition) is 8. The van der Waals surface area contributed by atoms with Crippen LogP contribution in [-0.2, 0) is 0 Å². The fraction of sp³-hybridized carbons (Fsp3) is 0.0769. The largest absolute Gasteiger partial charge is 0.454 e. The average molecular weight is 456 g/mol. The van der Waals surface area contributed by atoms with E-state index in [9.17, 15) is 9.59 Å². The van der Waals surface area contributed by atoms with Gasteiger partial charge < -0.3 is 29.6 Å². The molecule has 8 heteroatoms. The molecule has 0 amide bonds. The van der Waals surface area contributed by atoms with Crippen LogP contribution in [0.1, 0.15) is 20.7 Å². The summed E-state index contributed by atoms with van der Waals surface area (Å²) in [5.74, 6) is 2.12. The second-order valence-corrected chi connectivity index (χ2v) is 7.40. The van der Waals surface area contributed by atoms with E-state index < -0.39 is 0 Å². The first-order chi connectivity index (χ1) is 16.7. The summed E-state index contributed by atoms with van der Waals surface area (Å²) in [6.45, 7) is 0.336. The minimum absolute atomic E-state index is 0.152. The fourth-order valence-electron chi connectivity index (χ4n) is 3.38. The van der Waals surface area contributed by atoms with E-state index in [4.69, 9.17) is 18.9 Å². The third kappa shape index (κ3) is 4.71. The maximum atomic E-state index is 12.3. The zero-order valence-electron chi connectivity index (χ0n) is 17.9. The van der Waals surface area contributed by atoms with Crippen LogP contribution in [0.25, 0.3) is 0 Å². The summed E-state index contributed by atoms with van der Waals surface area (Å²) in [5, 5.41) is 6.12. The molecule has 0 aliphatic carbocycles. The number of fused-ring (bicyclic) bond motifs is 2. The lowest BCUT2D eigenvalue weighted by Gasteiger charge is -2.04. The van der Waals surface area contributed by atoms with Gasteiger partial charge in [-0.1, -0.05) is 0 Å². The molecule has 0 aromatic heterocycles. The second kappa shape index (κ2) is 9.41. The van der Waals surface area contributed by atoms with Crippen molar-refractivity contribution in [3.8, 4) is 23.0 Å². The molecule has 0 unspecified atom stereocenters. The Bertz CT molecular complexity index is 1200. The molecule has 3 aromatic carbocycles. The van der Waals surface area contributed by atoms with Crippen LogP contribution in [0.15, 0.2) is 85.2 Å². The Morgan fingerprint density at radius 3 is 1.44 bits per heavy atom. The van der Waals surface area contributed by atoms with Crippen molar-refractivity contribution < 1.29 is 28.5 Å². The van der Waals surface area contributed by atoms with Gasteiger partial charge >= 0.3 is 0 Å². The Balaban J connectivity index is 1.12. The maximum Gasteiger partial charge on any atom is 0.231 e. The van der Waals surface area contributed by atoms with Crippen molar-refractivity contribution in [2.45, 2.75) is 0 Å². The molecule has 0 saturated heterocycles. The highest BCUT2D eigenvalue weighted by Crippen LogP contribution is 2.33. The molecule has 0 atom stereocenters. The Labute approximate surface area is 195 Å². The third-order valence-electron chi connectivity index (χ3n) is 5.17. The lowest BCUT2D eigenvalue weighted by molar-refractivity contribution is 0.103. The number of nitrogens with one attached hydrogen (secondary N) is 2. The number of rotatable bonds is 8. The number of anilines is 2. The summed E-state index contributed by atoms with van der Waals surface area (Å²) in [7, 11) is 0. The van der Waals surface area contributed by atoms with Crippen LogP contribution in [0, 0.1) is 0 Å². The number of hydrogen-bond donors (Lipinski definition) is 2. The number of allylic oxidation sites excluding steroid dienone is 2. The van der Waals surface area contributed by atoms with Crippen LogP contribution in [-0.4, -0.2) is 25.2 Å². The van der Waals surface area contributed by atoms with Crippen LogP contribution in [0.5, 0.6) is 23.0 Å². The number of carbonyl (C=O) groups is 2. The van der Waals surface area contributed by atoms with Gasteiger partial charge in [0.25, 0.3) is 0 Å². The molecule has 34 heavy (non-hydrogen) atoms. The molecule has 8 nitrogen and oxygen atoms in total. The summed E-state index contributed by atoms with van der Waals surface area (Å²) >= 11 is 0. The number of ether oxygens (including phenoxy) is 4. The van der Waals surface area contributed by atoms with Gasteiger partial charge in [0.15, 0.2) is 34.6 Å². The van der Waals surface area contributed by atoms with Crippen LogP contribution >= 0.6 is 0 Å². The highest BCUT2D eigenvalue weighted by atomic mass is 16.7. The third-order valence-corrected chi connectivity index (χ3v) is 5.17. The molecule has 2 N–H and O–H groups in total.